The first-order valence-corrected chi connectivity index (χ1v) is 24.1. The lowest BCUT2D eigenvalue weighted by Crippen LogP contribution is -2.46. The fourth-order valence-electron chi connectivity index (χ4n) is 7.34. The van der Waals surface area contributed by atoms with Crippen molar-refractivity contribution in [1.82, 2.24) is 5.32 Å². The number of nitrogens with one attached hydrogen (secondary N) is 1. The molecular formula is C49H93NO5. The van der Waals surface area contributed by atoms with Gasteiger partial charge in [-0.3, -0.25) is 9.59 Å². The highest BCUT2D eigenvalue weighted by atomic mass is 16.5. The molecule has 0 aromatic carbocycles. The number of unbranched alkanes of at least 4 members (excludes halogenated alkanes) is 29. The standard InChI is InChI=1S/C49H93NO5/c1-4-7-10-13-16-19-22-24-27-30-33-36-39-42-49(54)55-45(40-37-34-31-28-25-21-18-15-12-9-6-3)43-48(53)50-46(44-51)47(52)41-38-35-32-29-26-23-20-17-14-11-8-5-2/h28,31,37,40,45-47,51-52H,4-27,29-30,32-36,38-39,41-44H2,1-3H3,(H,50,53)/b31-28-,40-37+. The zero-order valence-electron chi connectivity index (χ0n) is 36.8. The molecule has 0 aliphatic carbocycles. The summed E-state index contributed by atoms with van der Waals surface area (Å²) >= 11 is 0. The zero-order chi connectivity index (χ0) is 40.3. The third-order valence-corrected chi connectivity index (χ3v) is 11.0. The molecule has 0 bridgehead atoms. The number of esters is 1. The van der Waals surface area contributed by atoms with Crippen molar-refractivity contribution in [2.24, 2.45) is 0 Å². The second kappa shape index (κ2) is 43.5. The van der Waals surface area contributed by atoms with Crippen LogP contribution in [0.15, 0.2) is 24.3 Å². The fraction of sp³-hybridized carbons (Fsp3) is 0.878. The summed E-state index contributed by atoms with van der Waals surface area (Å²) in [6, 6.07) is -0.726. The van der Waals surface area contributed by atoms with Crippen LogP contribution in [0.5, 0.6) is 0 Å². The number of amides is 1. The van der Waals surface area contributed by atoms with E-state index < -0.39 is 18.2 Å². The molecule has 6 heteroatoms. The molecule has 3 N–H and O–H groups in total. The van der Waals surface area contributed by atoms with Crippen molar-refractivity contribution in [2.75, 3.05) is 6.61 Å². The molecule has 0 saturated carbocycles. The second-order valence-electron chi connectivity index (χ2n) is 16.5. The number of aliphatic hydroxyl groups is 2. The van der Waals surface area contributed by atoms with E-state index in [0.29, 0.717) is 12.8 Å². The Labute approximate surface area is 341 Å². The van der Waals surface area contributed by atoms with Gasteiger partial charge in [-0.1, -0.05) is 225 Å². The highest BCUT2D eigenvalue weighted by Crippen LogP contribution is 2.16. The van der Waals surface area contributed by atoms with Crippen molar-refractivity contribution in [3.05, 3.63) is 24.3 Å². The molecule has 0 spiro atoms. The third kappa shape index (κ3) is 39.0. The molecule has 0 aliphatic heterocycles. The lowest BCUT2D eigenvalue weighted by molar-refractivity contribution is -0.148. The third-order valence-electron chi connectivity index (χ3n) is 11.0. The monoisotopic (exact) mass is 776 g/mol. The van der Waals surface area contributed by atoms with Gasteiger partial charge < -0.3 is 20.3 Å². The minimum absolute atomic E-state index is 0.0237. The summed E-state index contributed by atoms with van der Waals surface area (Å²) in [4.78, 5) is 25.9. The Balaban J connectivity index is 4.62. The summed E-state index contributed by atoms with van der Waals surface area (Å²) in [5.74, 6) is -0.593. The highest BCUT2D eigenvalue weighted by molar-refractivity contribution is 5.78. The Kier molecular flexibility index (Phi) is 42.2. The van der Waals surface area contributed by atoms with Crippen LogP contribution in [0.25, 0.3) is 0 Å². The van der Waals surface area contributed by atoms with E-state index in [2.05, 4.69) is 38.2 Å². The van der Waals surface area contributed by atoms with E-state index in [4.69, 9.17) is 4.74 Å². The number of allylic oxidation sites excluding steroid dienone is 3. The number of rotatable bonds is 43. The quantitative estimate of drug-likeness (QED) is 0.0326. The van der Waals surface area contributed by atoms with Gasteiger partial charge in [0.1, 0.15) is 6.10 Å². The smallest absolute Gasteiger partial charge is 0.306 e. The van der Waals surface area contributed by atoms with Crippen molar-refractivity contribution in [3.63, 3.8) is 0 Å². The van der Waals surface area contributed by atoms with Gasteiger partial charge in [-0.05, 0) is 38.2 Å². The SMILES string of the molecule is CCCCCCCC/C=C\C/C=C/C(CC(=O)NC(CO)C(O)CCCCCCCCCCCCCC)OC(=O)CCCCCCCCCCCCCCC. The van der Waals surface area contributed by atoms with E-state index in [-0.39, 0.29) is 24.9 Å². The maximum Gasteiger partial charge on any atom is 0.306 e. The Morgan fingerprint density at radius 1 is 0.545 bits per heavy atom. The van der Waals surface area contributed by atoms with Gasteiger partial charge in [0.05, 0.1) is 25.2 Å². The molecule has 6 nitrogen and oxygen atoms in total. The lowest BCUT2D eigenvalue weighted by atomic mass is 10.0. The Hall–Kier alpha value is -1.66. The summed E-state index contributed by atoms with van der Waals surface area (Å²) < 4.78 is 5.81. The number of carbonyl (C=O) groups excluding carboxylic acids is 2. The minimum Gasteiger partial charge on any atom is -0.458 e. The lowest BCUT2D eigenvalue weighted by Gasteiger charge is -2.23. The van der Waals surface area contributed by atoms with Crippen LogP contribution in [-0.4, -0.2) is 46.9 Å². The minimum atomic E-state index is -0.805. The maximum absolute atomic E-state index is 13.1. The average Bonchev–Trinajstić information content (AvgIpc) is 3.18. The van der Waals surface area contributed by atoms with Crippen LogP contribution in [0.3, 0.4) is 0 Å². The molecule has 3 atom stereocenters. The predicted molar refractivity (Wildman–Crippen MR) is 236 cm³/mol. The van der Waals surface area contributed by atoms with Gasteiger partial charge in [-0.2, -0.15) is 0 Å². The van der Waals surface area contributed by atoms with E-state index in [9.17, 15) is 19.8 Å². The van der Waals surface area contributed by atoms with E-state index in [1.807, 2.05) is 12.2 Å². The maximum atomic E-state index is 13.1. The molecule has 0 aliphatic rings. The van der Waals surface area contributed by atoms with Crippen molar-refractivity contribution in [1.29, 1.82) is 0 Å². The van der Waals surface area contributed by atoms with Crippen molar-refractivity contribution in [3.8, 4) is 0 Å². The molecule has 3 unspecified atom stereocenters. The molecule has 0 saturated heterocycles. The van der Waals surface area contributed by atoms with Crippen LogP contribution in [0, 0.1) is 0 Å². The van der Waals surface area contributed by atoms with Crippen molar-refractivity contribution >= 4 is 11.9 Å². The molecule has 324 valence electrons. The first-order chi connectivity index (χ1) is 27.0. The Bertz CT molecular complexity index is 873. The number of hydrogen-bond donors (Lipinski definition) is 3. The predicted octanol–water partition coefficient (Wildman–Crippen LogP) is 14.0. The van der Waals surface area contributed by atoms with Crippen molar-refractivity contribution in [2.45, 2.75) is 270 Å². The average molecular weight is 776 g/mol. The van der Waals surface area contributed by atoms with Gasteiger partial charge in [-0.25, -0.2) is 0 Å². The second-order valence-corrected chi connectivity index (χ2v) is 16.5. The normalized spacial score (nSPS) is 13.5. The van der Waals surface area contributed by atoms with Crippen molar-refractivity contribution < 1.29 is 24.5 Å². The number of hydrogen-bond acceptors (Lipinski definition) is 5. The fourth-order valence-corrected chi connectivity index (χ4v) is 7.34. The summed E-state index contributed by atoms with van der Waals surface area (Å²) in [5, 5.41) is 23.6. The summed E-state index contributed by atoms with van der Waals surface area (Å²) in [6.45, 7) is 6.44. The molecule has 0 rings (SSSR count). The van der Waals surface area contributed by atoms with Gasteiger partial charge in [0.2, 0.25) is 5.91 Å². The number of ether oxygens (including phenoxy) is 1. The van der Waals surface area contributed by atoms with E-state index in [0.717, 1.165) is 51.4 Å². The van der Waals surface area contributed by atoms with Crippen LogP contribution in [-0.2, 0) is 14.3 Å². The summed E-state index contributed by atoms with van der Waals surface area (Å²) in [7, 11) is 0. The van der Waals surface area contributed by atoms with Gasteiger partial charge in [0.25, 0.3) is 0 Å². The molecule has 1 amide bonds. The van der Waals surface area contributed by atoms with Gasteiger partial charge in [0.15, 0.2) is 0 Å². The molecule has 0 aromatic rings. The first kappa shape index (κ1) is 53.3. The zero-order valence-corrected chi connectivity index (χ0v) is 36.8. The number of aliphatic hydroxyl groups excluding tert-OH is 2. The summed E-state index contributed by atoms with van der Waals surface area (Å²) in [6.07, 6.45) is 48.4. The van der Waals surface area contributed by atoms with Crippen LogP contribution >= 0.6 is 0 Å². The van der Waals surface area contributed by atoms with Gasteiger partial charge in [0, 0.05) is 6.42 Å². The molecule has 55 heavy (non-hydrogen) atoms. The highest BCUT2D eigenvalue weighted by Gasteiger charge is 2.23. The Morgan fingerprint density at radius 3 is 1.42 bits per heavy atom. The van der Waals surface area contributed by atoms with E-state index in [1.165, 1.54) is 161 Å². The molecule has 0 heterocycles. The van der Waals surface area contributed by atoms with Crippen LogP contribution < -0.4 is 5.32 Å². The van der Waals surface area contributed by atoms with Gasteiger partial charge >= 0.3 is 5.97 Å². The van der Waals surface area contributed by atoms with E-state index >= 15 is 0 Å². The Morgan fingerprint density at radius 2 is 0.964 bits per heavy atom. The summed E-state index contributed by atoms with van der Waals surface area (Å²) in [5.41, 5.74) is 0. The van der Waals surface area contributed by atoms with Gasteiger partial charge in [-0.15, -0.1) is 0 Å². The topological polar surface area (TPSA) is 95.9 Å². The molecule has 0 aromatic heterocycles. The van der Waals surface area contributed by atoms with Crippen LogP contribution in [0.1, 0.15) is 252 Å². The largest absolute Gasteiger partial charge is 0.458 e. The van der Waals surface area contributed by atoms with E-state index in [1.54, 1.807) is 0 Å². The van der Waals surface area contributed by atoms with Crippen LogP contribution in [0.2, 0.25) is 0 Å². The molecule has 0 radical (unpaired) electrons. The first-order valence-electron chi connectivity index (χ1n) is 24.1. The number of carbonyl (C=O) groups is 2. The van der Waals surface area contributed by atoms with Crippen LogP contribution in [0.4, 0.5) is 0 Å². The molecule has 0 fully saturated rings. The molecular weight excluding hydrogens is 683 g/mol.